The highest BCUT2D eigenvalue weighted by Gasteiger charge is 2.15. The smallest absolute Gasteiger partial charge is 0.247 e. The van der Waals surface area contributed by atoms with Crippen molar-refractivity contribution in [2.45, 2.75) is 25.8 Å². The highest BCUT2D eigenvalue weighted by molar-refractivity contribution is 5.93. The highest BCUT2D eigenvalue weighted by atomic mass is 16.5. The Hall–Kier alpha value is -2.34. The summed E-state index contributed by atoms with van der Waals surface area (Å²) < 4.78 is 12.9. The molecular formula is C18H23N3O3. The van der Waals surface area contributed by atoms with Gasteiger partial charge in [-0.15, -0.1) is 0 Å². The Balaban J connectivity index is 1.49. The first-order valence-electron chi connectivity index (χ1n) is 8.31. The highest BCUT2D eigenvalue weighted by Crippen LogP contribution is 2.20. The molecule has 0 spiro atoms. The van der Waals surface area contributed by atoms with Gasteiger partial charge in [0.2, 0.25) is 5.91 Å². The number of benzene rings is 1. The van der Waals surface area contributed by atoms with Crippen LogP contribution in [-0.4, -0.2) is 35.3 Å². The van der Waals surface area contributed by atoms with Crippen molar-refractivity contribution in [2.24, 2.45) is 5.92 Å². The van der Waals surface area contributed by atoms with Crippen LogP contribution in [0.4, 0.5) is 5.69 Å². The molecule has 1 atom stereocenters. The Kier molecular flexibility index (Phi) is 5.48. The van der Waals surface area contributed by atoms with Crippen LogP contribution < -0.4 is 10.1 Å². The molecular weight excluding hydrogens is 306 g/mol. The van der Waals surface area contributed by atoms with Crippen LogP contribution in [0.5, 0.6) is 5.75 Å². The maximum Gasteiger partial charge on any atom is 0.247 e. The molecule has 0 bridgehead atoms. The molecule has 1 aromatic carbocycles. The average molecular weight is 329 g/mol. The number of nitrogens with zero attached hydrogens (tertiary/aromatic N) is 2. The van der Waals surface area contributed by atoms with Gasteiger partial charge in [-0.1, -0.05) is 0 Å². The van der Waals surface area contributed by atoms with Crippen LogP contribution in [0.3, 0.4) is 0 Å². The lowest BCUT2D eigenvalue weighted by Gasteiger charge is -2.22. The van der Waals surface area contributed by atoms with Gasteiger partial charge in [0, 0.05) is 31.3 Å². The van der Waals surface area contributed by atoms with Crippen molar-refractivity contribution >= 4 is 11.6 Å². The van der Waals surface area contributed by atoms with Crippen LogP contribution in [0.1, 0.15) is 25.8 Å². The number of imidazole rings is 1. The normalized spacial score (nSPS) is 16.5. The van der Waals surface area contributed by atoms with Crippen LogP contribution in [0.15, 0.2) is 43.0 Å². The summed E-state index contributed by atoms with van der Waals surface area (Å²) >= 11 is 0. The molecule has 1 fully saturated rings. The van der Waals surface area contributed by atoms with E-state index in [1.165, 1.54) is 0 Å². The van der Waals surface area contributed by atoms with Gasteiger partial charge in [0.1, 0.15) is 11.8 Å². The molecule has 1 aliphatic rings. The fourth-order valence-electron chi connectivity index (χ4n) is 2.64. The van der Waals surface area contributed by atoms with Gasteiger partial charge in [0.05, 0.1) is 12.9 Å². The summed E-state index contributed by atoms with van der Waals surface area (Å²) in [7, 11) is 0. The Morgan fingerprint density at radius 3 is 2.79 bits per heavy atom. The Labute approximate surface area is 141 Å². The molecule has 0 radical (unpaired) electrons. The fourth-order valence-corrected chi connectivity index (χ4v) is 2.64. The van der Waals surface area contributed by atoms with E-state index in [1.54, 1.807) is 23.3 Å². The van der Waals surface area contributed by atoms with Crippen LogP contribution in [0.25, 0.3) is 0 Å². The maximum absolute atomic E-state index is 12.2. The number of amides is 1. The van der Waals surface area contributed by atoms with Crippen LogP contribution in [0, 0.1) is 5.92 Å². The molecule has 128 valence electrons. The van der Waals surface area contributed by atoms with Crippen molar-refractivity contribution < 1.29 is 14.3 Å². The van der Waals surface area contributed by atoms with Gasteiger partial charge in [-0.2, -0.15) is 0 Å². The number of carbonyl (C=O) groups is 1. The lowest BCUT2D eigenvalue weighted by Crippen LogP contribution is -2.23. The Bertz CT molecular complexity index is 634. The van der Waals surface area contributed by atoms with Crippen molar-refractivity contribution in [3.05, 3.63) is 43.0 Å². The fraction of sp³-hybridized carbons (Fsp3) is 0.444. The zero-order chi connectivity index (χ0) is 16.8. The van der Waals surface area contributed by atoms with E-state index in [0.29, 0.717) is 12.5 Å². The van der Waals surface area contributed by atoms with Crippen molar-refractivity contribution in [3.63, 3.8) is 0 Å². The first kappa shape index (κ1) is 16.5. The molecule has 1 N–H and O–H groups in total. The van der Waals surface area contributed by atoms with E-state index < -0.39 is 0 Å². The van der Waals surface area contributed by atoms with E-state index >= 15 is 0 Å². The van der Waals surface area contributed by atoms with Crippen molar-refractivity contribution in [1.82, 2.24) is 9.55 Å². The molecule has 24 heavy (non-hydrogen) atoms. The average Bonchev–Trinajstić information content (AvgIpc) is 3.16. The molecule has 2 heterocycles. The van der Waals surface area contributed by atoms with Gasteiger partial charge in [-0.25, -0.2) is 4.98 Å². The molecule has 0 saturated carbocycles. The molecule has 2 aromatic rings. The third kappa shape index (κ3) is 4.35. The topological polar surface area (TPSA) is 65.4 Å². The van der Waals surface area contributed by atoms with E-state index in [9.17, 15) is 4.79 Å². The van der Waals surface area contributed by atoms with Crippen LogP contribution >= 0.6 is 0 Å². The van der Waals surface area contributed by atoms with E-state index in [0.717, 1.165) is 37.5 Å². The van der Waals surface area contributed by atoms with Crippen molar-refractivity contribution in [3.8, 4) is 5.75 Å². The van der Waals surface area contributed by atoms with Crippen molar-refractivity contribution in [1.29, 1.82) is 0 Å². The maximum atomic E-state index is 12.2. The summed E-state index contributed by atoms with van der Waals surface area (Å²) in [5.41, 5.74) is 0.755. The van der Waals surface area contributed by atoms with Gasteiger partial charge in [0.15, 0.2) is 0 Å². The zero-order valence-corrected chi connectivity index (χ0v) is 13.9. The number of hydrogen-bond acceptors (Lipinski definition) is 4. The first-order valence-corrected chi connectivity index (χ1v) is 8.31. The SMILES string of the molecule is C[C@@H](C(=O)Nc1ccc(OCC2CCOCC2)cc1)n1ccnc1. The van der Waals surface area contributed by atoms with Gasteiger partial charge in [-0.3, -0.25) is 4.79 Å². The number of rotatable bonds is 6. The monoisotopic (exact) mass is 329 g/mol. The van der Waals surface area contributed by atoms with E-state index in [4.69, 9.17) is 9.47 Å². The summed E-state index contributed by atoms with van der Waals surface area (Å²) in [6, 6.07) is 7.18. The van der Waals surface area contributed by atoms with Crippen molar-refractivity contribution in [2.75, 3.05) is 25.1 Å². The number of nitrogens with one attached hydrogen (secondary N) is 1. The first-order chi connectivity index (χ1) is 11.7. The summed E-state index contributed by atoms with van der Waals surface area (Å²) in [6.07, 6.45) is 7.18. The molecule has 1 saturated heterocycles. The van der Waals surface area contributed by atoms with Gasteiger partial charge in [0.25, 0.3) is 0 Å². The quantitative estimate of drug-likeness (QED) is 0.885. The lowest BCUT2D eigenvalue weighted by atomic mass is 10.0. The number of ether oxygens (including phenoxy) is 2. The van der Waals surface area contributed by atoms with Crippen LogP contribution in [-0.2, 0) is 9.53 Å². The van der Waals surface area contributed by atoms with Gasteiger partial charge in [-0.05, 0) is 49.9 Å². The standard InChI is InChI=1S/C18H23N3O3/c1-14(21-9-8-19-13-21)18(22)20-16-2-4-17(5-3-16)24-12-15-6-10-23-11-7-15/h2-5,8-9,13-15H,6-7,10-12H2,1H3,(H,20,22)/t14-/m0/s1. The second-order valence-electron chi connectivity index (χ2n) is 6.07. The predicted molar refractivity (Wildman–Crippen MR) is 91.0 cm³/mol. The van der Waals surface area contributed by atoms with E-state index in [-0.39, 0.29) is 11.9 Å². The second-order valence-corrected chi connectivity index (χ2v) is 6.07. The Morgan fingerprint density at radius 2 is 2.12 bits per heavy atom. The molecule has 1 aliphatic heterocycles. The summed E-state index contributed by atoms with van der Waals surface area (Å²) in [6.45, 7) is 4.21. The summed E-state index contributed by atoms with van der Waals surface area (Å²) in [5, 5.41) is 2.90. The number of anilines is 1. The zero-order valence-electron chi connectivity index (χ0n) is 13.9. The molecule has 0 unspecified atom stereocenters. The predicted octanol–water partition coefficient (Wildman–Crippen LogP) is 2.89. The number of aromatic nitrogens is 2. The van der Waals surface area contributed by atoms with Gasteiger partial charge < -0.3 is 19.4 Å². The molecule has 1 amide bonds. The minimum atomic E-state index is -0.308. The van der Waals surface area contributed by atoms with Gasteiger partial charge >= 0.3 is 0 Å². The molecule has 1 aromatic heterocycles. The molecule has 6 heteroatoms. The number of hydrogen-bond donors (Lipinski definition) is 1. The summed E-state index contributed by atoms with van der Waals surface area (Å²) in [4.78, 5) is 16.2. The third-order valence-electron chi connectivity index (χ3n) is 4.30. The minimum Gasteiger partial charge on any atom is -0.493 e. The lowest BCUT2D eigenvalue weighted by molar-refractivity contribution is -0.118. The third-order valence-corrected chi connectivity index (χ3v) is 4.30. The molecule has 0 aliphatic carbocycles. The van der Waals surface area contributed by atoms with Crippen LogP contribution in [0.2, 0.25) is 0 Å². The largest absolute Gasteiger partial charge is 0.493 e. The second kappa shape index (κ2) is 7.97. The van der Waals surface area contributed by atoms with E-state index in [2.05, 4.69) is 10.3 Å². The molecule has 3 rings (SSSR count). The number of carbonyl (C=O) groups excluding carboxylic acids is 1. The Morgan fingerprint density at radius 1 is 1.38 bits per heavy atom. The summed E-state index contributed by atoms with van der Waals surface area (Å²) in [5.74, 6) is 1.31. The minimum absolute atomic E-state index is 0.0797. The molecule has 6 nitrogen and oxygen atoms in total. The van der Waals surface area contributed by atoms with E-state index in [1.807, 2.05) is 31.2 Å².